The molecular formula is C15H24N4O3S. The number of rotatable bonds is 4. The summed E-state index contributed by atoms with van der Waals surface area (Å²) in [5, 5.41) is 0.0471. The summed E-state index contributed by atoms with van der Waals surface area (Å²) in [7, 11) is -3.53. The first-order chi connectivity index (χ1) is 11.1. The van der Waals surface area contributed by atoms with Gasteiger partial charge >= 0.3 is 0 Å². The van der Waals surface area contributed by atoms with Crippen LogP contribution in [0.1, 0.15) is 38.5 Å². The van der Waals surface area contributed by atoms with Crippen LogP contribution in [0.25, 0.3) is 0 Å². The lowest BCUT2D eigenvalue weighted by Gasteiger charge is -2.26. The van der Waals surface area contributed by atoms with Crippen LogP contribution in [0, 0.1) is 0 Å². The number of hydrogen-bond acceptors (Lipinski definition) is 4. The van der Waals surface area contributed by atoms with E-state index in [2.05, 4.69) is 4.98 Å². The number of piperidine rings is 2. The van der Waals surface area contributed by atoms with Crippen molar-refractivity contribution in [2.75, 3.05) is 26.2 Å². The van der Waals surface area contributed by atoms with E-state index in [1.165, 1.54) is 23.3 Å². The van der Waals surface area contributed by atoms with Crippen molar-refractivity contribution in [1.82, 2.24) is 18.8 Å². The lowest BCUT2D eigenvalue weighted by molar-refractivity contribution is -0.132. The second kappa shape index (κ2) is 7.00. The Morgan fingerprint density at radius 1 is 1.00 bits per heavy atom. The molecule has 8 heteroatoms. The Bertz CT molecular complexity index is 643. The minimum absolute atomic E-state index is 0.0315. The van der Waals surface area contributed by atoms with Crippen molar-refractivity contribution in [2.24, 2.45) is 0 Å². The van der Waals surface area contributed by atoms with Gasteiger partial charge in [-0.2, -0.15) is 4.31 Å². The van der Waals surface area contributed by atoms with E-state index in [-0.39, 0.29) is 17.5 Å². The average Bonchev–Trinajstić information content (AvgIpc) is 3.06. The molecule has 7 nitrogen and oxygen atoms in total. The molecule has 1 amide bonds. The molecule has 2 fully saturated rings. The Morgan fingerprint density at radius 2 is 1.61 bits per heavy atom. The SMILES string of the molecule is O=C(Cn1cnc(S(=O)(=O)N2CCCCC2)c1)N1CCCCC1. The minimum atomic E-state index is -3.53. The summed E-state index contributed by atoms with van der Waals surface area (Å²) in [6.07, 6.45) is 9.05. The van der Waals surface area contributed by atoms with E-state index >= 15 is 0 Å². The molecule has 2 aliphatic rings. The third kappa shape index (κ3) is 3.74. The maximum Gasteiger partial charge on any atom is 0.262 e. The van der Waals surface area contributed by atoms with E-state index < -0.39 is 10.0 Å². The minimum Gasteiger partial charge on any atom is -0.341 e. The standard InChI is InChI=1S/C15H24N4O3S/c20-15(18-7-3-1-4-8-18)12-17-11-14(16-13-17)23(21,22)19-9-5-2-6-10-19/h11,13H,1-10,12H2. The van der Waals surface area contributed by atoms with Crippen molar-refractivity contribution in [2.45, 2.75) is 50.1 Å². The molecule has 0 unspecified atom stereocenters. The van der Waals surface area contributed by atoms with E-state index in [9.17, 15) is 13.2 Å². The zero-order valence-electron chi connectivity index (χ0n) is 13.4. The van der Waals surface area contributed by atoms with Crippen LogP contribution in [-0.2, 0) is 21.4 Å². The number of carbonyl (C=O) groups excluding carboxylic acids is 1. The van der Waals surface area contributed by atoms with Gasteiger partial charge in [-0.25, -0.2) is 13.4 Å². The van der Waals surface area contributed by atoms with Gasteiger partial charge in [-0.1, -0.05) is 6.42 Å². The molecule has 1 aromatic heterocycles. The van der Waals surface area contributed by atoms with Gasteiger partial charge in [0.05, 0.1) is 6.33 Å². The van der Waals surface area contributed by atoms with Gasteiger partial charge in [0, 0.05) is 32.4 Å². The number of sulfonamides is 1. The molecule has 0 N–H and O–H groups in total. The summed E-state index contributed by atoms with van der Waals surface area (Å²) in [6.45, 7) is 2.87. The van der Waals surface area contributed by atoms with Gasteiger partial charge in [0.2, 0.25) is 5.91 Å². The van der Waals surface area contributed by atoms with Gasteiger partial charge in [0.1, 0.15) is 6.54 Å². The first-order valence-electron chi connectivity index (χ1n) is 8.37. The zero-order valence-corrected chi connectivity index (χ0v) is 14.2. The molecule has 0 bridgehead atoms. The molecule has 128 valence electrons. The number of aromatic nitrogens is 2. The fourth-order valence-electron chi connectivity index (χ4n) is 3.20. The van der Waals surface area contributed by atoms with E-state index in [0.717, 1.165) is 45.2 Å². The first-order valence-corrected chi connectivity index (χ1v) is 9.81. The molecule has 2 aliphatic heterocycles. The largest absolute Gasteiger partial charge is 0.341 e. The number of amides is 1. The molecule has 0 aromatic carbocycles. The molecule has 0 aliphatic carbocycles. The highest BCUT2D eigenvalue weighted by Crippen LogP contribution is 2.19. The molecule has 0 atom stereocenters. The molecule has 23 heavy (non-hydrogen) atoms. The van der Waals surface area contributed by atoms with Crippen LogP contribution in [-0.4, -0.2) is 59.3 Å². The smallest absolute Gasteiger partial charge is 0.262 e. The maximum absolute atomic E-state index is 12.5. The summed E-state index contributed by atoms with van der Waals surface area (Å²) in [4.78, 5) is 18.1. The molecule has 3 heterocycles. The first kappa shape index (κ1) is 16.4. The fourth-order valence-corrected chi connectivity index (χ4v) is 4.65. The maximum atomic E-state index is 12.5. The summed E-state index contributed by atoms with van der Waals surface area (Å²) in [5.41, 5.74) is 0. The zero-order chi connectivity index (χ0) is 16.3. The summed E-state index contributed by atoms with van der Waals surface area (Å²) in [5.74, 6) is 0.0315. The molecule has 0 radical (unpaired) electrons. The predicted molar refractivity (Wildman–Crippen MR) is 85.3 cm³/mol. The molecule has 2 saturated heterocycles. The van der Waals surface area contributed by atoms with Crippen molar-refractivity contribution < 1.29 is 13.2 Å². The van der Waals surface area contributed by atoms with Crippen LogP contribution in [0.5, 0.6) is 0 Å². The van der Waals surface area contributed by atoms with Gasteiger partial charge in [0.15, 0.2) is 5.03 Å². The van der Waals surface area contributed by atoms with Crippen molar-refractivity contribution in [3.8, 4) is 0 Å². The summed E-state index contributed by atoms with van der Waals surface area (Å²) < 4.78 is 28.2. The number of hydrogen-bond donors (Lipinski definition) is 0. The highest BCUT2D eigenvalue weighted by atomic mass is 32.2. The van der Waals surface area contributed by atoms with Gasteiger partial charge in [0.25, 0.3) is 10.0 Å². The van der Waals surface area contributed by atoms with E-state index in [0.29, 0.717) is 13.1 Å². The molecule has 0 spiro atoms. The van der Waals surface area contributed by atoms with Crippen LogP contribution in [0.2, 0.25) is 0 Å². The Kier molecular flexibility index (Phi) is 5.01. The Hall–Kier alpha value is -1.41. The van der Waals surface area contributed by atoms with Crippen LogP contribution in [0.15, 0.2) is 17.6 Å². The fraction of sp³-hybridized carbons (Fsp3) is 0.733. The van der Waals surface area contributed by atoms with Gasteiger partial charge in [-0.05, 0) is 32.1 Å². The quantitative estimate of drug-likeness (QED) is 0.822. The molecule has 3 rings (SSSR count). The predicted octanol–water partition coefficient (Wildman–Crippen LogP) is 1.07. The van der Waals surface area contributed by atoms with Crippen LogP contribution >= 0.6 is 0 Å². The number of nitrogens with zero attached hydrogens (tertiary/aromatic N) is 4. The molecule has 1 aromatic rings. The molecule has 0 saturated carbocycles. The molecular weight excluding hydrogens is 316 g/mol. The van der Waals surface area contributed by atoms with Crippen molar-refractivity contribution >= 4 is 15.9 Å². The van der Waals surface area contributed by atoms with Gasteiger partial charge in [-0.3, -0.25) is 4.79 Å². The number of likely N-dealkylation sites (tertiary alicyclic amines) is 1. The second-order valence-corrected chi connectivity index (χ2v) is 8.18. The lowest BCUT2D eigenvalue weighted by Crippen LogP contribution is -2.37. The number of carbonyl (C=O) groups is 1. The third-order valence-electron chi connectivity index (χ3n) is 4.56. The number of imidazole rings is 1. The normalized spacial score (nSPS) is 20.6. The topological polar surface area (TPSA) is 75.5 Å². The highest BCUT2D eigenvalue weighted by Gasteiger charge is 2.28. The van der Waals surface area contributed by atoms with E-state index in [1.807, 2.05) is 4.90 Å². The Morgan fingerprint density at radius 3 is 2.26 bits per heavy atom. The van der Waals surface area contributed by atoms with Crippen LogP contribution in [0.4, 0.5) is 0 Å². The van der Waals surface area contributed by atoms with Crippen molar-refractivity contribution in [3.63, 3.8) is 0 Å². The van der Waals surface area contributed by atoms with Gasteiger partial charge < -0.3 is 9.47 Å². The van der Waals surface area contributed by atoms with Gasteiger partial charge in [-0.15, -0.1) is 0 Å². The average molecular weight is 340 g/mol. The van der Waals surface area contributed by atoms with E-state index in [4.69, 9.17) is 0 Å². The van der Waals surface area contributed by atoms with E-state index in [1.54, 1.807) is 4.57 Å². The van der Waals surface area contributed by atoms with Crippen LogP contribution < -0.4 is 0 Å². The monoisotopic (exact) mass is 340 g/mol. The Labute approximate surface area is 137 Å². The highest BCUT2D eigenvalue weighted by molar-refractivity contribution is 7.89. The summed E-state index contributed by atoms with van der Waals surface area (Å²) >= 11 is 0. The van der Waals surface area contributed by atoms with Crippen molar-refractivity contribution in [1.29, 1.82) is 0 Å². The second-order valence-electron chi connectivity index (χ2n) is 6.29. The van der Waals surface area contributed by atoms with Crippen molar-refractivity contribution in [3.05, 3.63) is 12.5 Å². The lowest BCUT2D eigenvalue weighted by atomic mass is 10.1. The van der Waals surface area contributed by atoms with Crippen LogP contribution in [0.3, 0.4) is 0 Å². The third-order valence-corrected chi connectivity index (χ3v) is 6.34. The summed E-state index contributed by atoms with van der Waals surface area (Å²) in [6, 6.07) is 0. The Balaban J connectivity index is 1.66.